The van der Waals surface area contributed by atoms with Crippen molar-refractivity contribution < 1.29 is 9.13 Å². The second kappa shape index (κ2) is 11.8. The zero-order valence-corrected chi connectivity index (χ0v) is 18.8. The molecule has 0 spiro atoms. The second-order valence-corrected chi connectivity index (χ2v) is 9.10. The summed E-state index contributed by atoms with van der Waals surface area (Å²) in [6, 6.07) is 28.3. The summed E-state index contributed by atoms with van der Waals surface area (Å²) in [6.07, 6.45) is 6.04. The summed E-state index contributed by atoms with van der Waals surface area (Å²) in [5, 5.41) is 0. The Labute approximate surface area is 192 Å². The van der Waals surface area contributed by atoms with E-state index in [-0.39, 0.29) is 5.82 Å². The number of hydrogen-bond donors (Lipinski definition) is 0. The smallest absolute Gasteiger partial charge is 0.165 e. The Morgan fingerprint density at radius 3 is 1.81 bits per heavy atom. The van der Waals surface area contributed by atoms with Gasteiger partial charge in [0.25, 0.3) is 0 Å². The third kappa shape index (κ3) is 6.93. The van der Waals surface area contributed by atoms with Crippen molar-refractivity contribution in [1.82, 2.24) is 4.90 Å². The molecule has 0 amide bonds. The van der Waals surface area contributed by atoms with Crippen molar-refractivity contribution >= 4 is 0 Å². The Balaban J connectivity index is 1.25. The largest absolute Gasteiger partial charge is 0.491 e. The van der Waals surface area contributed by atoms with Crippen LogP contribution in [0.2, 0.25) is 0 Å². The molecule has 1 saturated carbocycles. The average molecular weight is 432 g/mol. The van der Waals surface area contributed by atoms with Crippen molar-refractivity contribution in [2.24, 2.45) is 11.8 Å². The molecule has 0 aromatic heterocycles. The number of nitrogens with zero attached hydrogens (tertiary/aromatic N) is 1. The topological polar surface area (TPSA) is 12.5 Å². The van der Waals surface area contributed by atoms with Crippen LogP contribution < -0.4 is 4.74 Å². The molecule has 0 N–H and O–H groups in total. The van der Waals surface area contributed by atoms with Crippen LogP contribution in [0.3, 0.4) is 0 Å². The molecule has 168 valence electrons. The van der Waals surface area contributed by atoms with Gasteiger partial charge in [0.05, 0.1) is 6.61 Å². The summed E-state index contributed by atoms with van der Waals surface area (Å²) < 4.78 is 19.4. The van der Waals surface area contributed by atoms with Crippen LogP contribution in [-0.4, -0.2) is 18.1 Å². The number of rotatable bonds is 10. The predicted octanol–water partition coefficient (Wildman–Crippen LogP) is 7.10. The van der Waals surface area contributed by atoms with Crippen LogP contribution in [-0.2, 0) is 13.1 Å². The first kappa shape index (κ1) is 22.5. The third-order valence-electron chi connectivity index (χ3n) is 6.60. The van der Waals surface area contributed by atoms with Gasteiger partial charge in [-0.05, 0) is 54.4 Å². The van der Waals surface area contributed by atoms with E-state index in [1.165, 1.54) is 42.9 Å². The molecule has 1 fully saturated rings. The number of para-hydroxylation sites is 1. The van der Waals surface area contributed by atoms with E-state index in [0.717, 1.165) is 32.0 Å². The van der Waals surface area contributed by atoms with Gasteiger partial charge in [-0.1, -0.05) is 85.6 Å². The Hall–Kier alpha value is -2.65. The number of hydrogen-bond acceptors (Lipinski definition) is 2. The summed E-state index contributed by atoms with van der Waals surface area (Å²) in [5.41, 5.74) is 2.75. The molecule has 32 heavy (non-hydrogen) atoms. The molecule has 4 rings (SSSR count). The van der Waals surface area contributed by atoms with Crippen LogP contribution in [0.1, 0.15) is 43.2 Å². The van der Waals surface area contributed by atoms with Gasteiger partial charge in [-0.2, -0.15) is 0 Å². The van der Waals surface area contributed by atoms with Crippen LogP contribution in [0, 0.1) is 17.7 Å². The van der Waals surface area contributed by atoms with Gasteiger partial charge >= 0.3 is 0 Å². The number of halogens is 1. The molecule has 2 nitrogen and oxygen atoms in total. The Morgan fingerprint density at radius 1 is 0.688 bits per heavy atom. The summed E-state index contributed by atoms with van der Waals surface area (Å²) in [6.45, 7) is 3.73. The maximum atomic E-state index is 13.7. The maximum Gasteiger partial charge on any atom is 0.165 e. The van der Waals surface area contributed by atoms with Crippen LogP contribution in [0.5, 0.6) is 5.75 Å². The van der Waals surface area contributed by atoms with Crippen LogP contribution in [0.15, 0.2) is 84.9 Å². The molecule has 0 saturated heterocycles. The van der Waals surface area contributed by atoms with Crippen LogP contribution in [0.4, 0.5) is 4.39 Å². The van der Waals surface area contributed by atoms with Gasteiger partial charge in [-0.15, -0.1) is 0 Å². The van der Waals surface area contributed by atoms with Gasteiger partial charge in [0.15, 0.2) is 11.6 Å². The molecule has 0 atom stereocenters. The Morgan fingerprint density at radius 2 is 1.22 bits per heavy atom. The lowest BCUT2D eigenvalue weighted by molar-refractivity contribution is 0.157. The van der Waals surface area contributed by atoms with E-state index < -0.39 is 0 Å². The highest BCUT2D eigenvalue weighted by Gasteiger charge is 2.23. The van der Waals surface area contributed by atoms with Gasteiger partial charge in [-0.3, -0.25) is 4.90 Å². The van der Waals surface area contributed by atoms with E-state index in [1.807, 2.05) is 6.07 Å². The summed E-state index contributed by atoms with van der Waals surface area (Å²) in [5.74, 6) is 1.53. The Kier molecular flexibility index (Phi) is 8.33. The van der Waals surface area contributed by atoms with Gasteiger partial charge in [0, 0.05) is 19.6 Å². The van der Waals surface area contributed by atoms with Crippen molar-refractivity contribution in [2.75, 3.05) is 13.2 Å². The number of benzene rings is 3. The highest BCUT2D eigenvalue weighted by Crippen LogP contribution is 2.32. The molecule has 3 aromatic carbocycles. The molecule has 0 heterocycles. The van der Waals surface area contributed by atoms with E-state index in [1.54, 1.807) is 12.1 Å². The molecule has 0 unspecified atom stereocenters. The van der Waals surface area contributed by atoms with Gasteiger partial charge in [-0.25, -0.2) is 4.39 Å². The molecular formula is C29H34FNO. The zero-order chi connectivity index (χ0) is 22.0. The highest BCUT2D eigenvalue weighted by molar-refractivity contribution is 5.23. The lowest BCUT2D eigenvalue weighted by Crippen LogP contribution is -2.31. The molecule has 0 bridgehead atoms. The quantitative estimate of drug-likeness (QED) is 0.339. The van der Waals surface area contributed by atoms with Gasteiger partial charge in [0.2, 0.25) is 0 Å². The lowest BCUT2D eigenvalue weighted by atomic mass is 9.80. The Bertz CT molecular complexity index is 881. The minimum Gasteiger partial charge on any atom is -0.491 e. The van der Waals surface area contributed by atoms with Crippen molar-refractivity contribution in [3.05, 3.63) is 102 Å². The fourth-order valence-corrected chi connectivity index (χ4v) is 4.83. The van der Waals surface area contributed by atoms with E-state index in [0.29, 0.717) is 18.3 Å². The highest BCUT2D eigenvalue weighted by atomic mass is 19.1. The van der Waals surface area contributed by atoms with Gasteiger partial charge in [0.1, 0.15) is 0 Å². The molecule has 3 aromatic rings. The summed E-state index contributed by atoms with van der Waals surface area (Å²) in [7, 11) is 0. The van der Waals surface area contributed by atoms with Crippen LogP contribution in [0.25, 0.3) is 0 Å². The molecule has 1 aliphatic rings. The molecular weight excluding hydrogens is 397 g/mol. The molecule has 0 aliphatic heterocycles. The lowest BCUT2D eigenvalue weighted by Gasteiger charge is -2.33. The second-order valence-electron chi connectivity index (χ2n) is 9.10. The SMILES string of the molecule is Fc1ccccc1OCC[C@H]1CC[C@@H](CN(Cc2ccccc2)Cc2ccccc2)CC1. The van der Waals surface area contributed by atoms with E-state index in [2.05, 4.69) is 65.6 Å². The van der Waals surface area contributed by atoms with Crippen molar-refractivity contribution in [3.8, 4) is 5.75 Å². The van der Waals surface area contributed by atoms with Crippen molar-refractivity contribution in [2.45, 2.75) is 45.2 Å². The zero-order valence-electron chi connectivity index (χ0n) is 18.8. The predicted molar refractivity (Wildman–Crippen MR) is 129 cm³/mol. The first-order chi connectivity index (χ1) is 15.8. The third-order valence-corrected chi connectivity index (χ3v) is 6.60. The first-order valence-electron chi connectivity index (χ1n) is 11.9. The fraction of sp³-hybridized carbons (Fsp3) is 0.379. The first-order valence-corrected chi connectivity index (χ1v) is 11.9. The molecule has 3 heteroatoms. The normalized spacial score (nSPS) is 18.6. The van der Waals surface area contributed by atoms with Crippen molar-refractivity contribution in [1.29, 1.82) is 0 Å². The summed E-state index contributed by atoms with van der Waals surface area (Å²) in [4.78, 5) is 2.61. The number of ether oxygens (including phenoxy) is 1. The average Bonchev–Trinajstić information content (AvgIpc) is 2.83. The minimum atomic E-state index is -0.270. The van der Waals surface area contributed by atoms with E-state index >= 15 is 0 Å². The van der Waals surface area contributed by atoms with E-state index in [9.17, 15) is 4.39 Å². The molecule has 1 aliphatic carbocycles. The summed E-state index contributed by atoms with van der Waals surface area (Å²) >= 11 is 0. The monoisotopic (exact) mass is 431 g/mol. The fourth-order valence-electron chi connectivity index (χ4n) is 4.83. The minimum absolute atomic E-state index is 0.270. The van der Waals surface area contributed by atoms with Crippen molar-refractivity contribution in [3.63, 3.8) is 0 Å². The standard InChI is InChI=1S/C29H34FNO/c30-28-13-7-8-14-29(28)32-20-19-24-15-17-27(18-16-24)23-31(21-25-9-3-1-4-10-25)22-26-11-5-2-6-12-26/h1-14,24,27H,15-23H2/t24-,27+. The maximum absolute atomic E-state index is 13.7. The van der Waals surface area contributed by atoms with Gasteiger partial charge < -0.3 is 4.74 Å². The van der Waals surface area contributed by atoms with Crippen LogP contribution >= 0.6 is 0 Å². The van der Waals surface area contributed by atoms with E-state index in [4.69, 9.17) is 4.74 Å². The molecule has 0 radical (unpaired) electrons.